The van der Waals surface area contributed by atoms with Crippen molar-refractivity contribution in [1.82, 2.24) is 5.32 Å². The molecular weight excluding hydrogens is 238 g/mol. The van der Waals surface area contributed by atoms with Gasteiger partial charge in [-0.2, -0.15) is 0 Å². The highest BCUT2D eigenvalue weighted by molar-refractivity contribution is 6.30. The quantitative estimate of drug-likeness (QED) is 0.820. The van der Waals surface area contributed by atoms with Gasteiger partial charge >= 0.3 is 5.97 Å². The zero-order chi connectivity index (χ0) is 12.8. The lowest BCUT2D eigenvalue weighted by atomic mass is 10.1. The monoisotopic (exact) mass is 255 g/mol. The summed E-state index contributed by atoms with van der Waals surface area (Å²) in [5, 5.41) is 12.8. The number of benzene rings is 1. The van der Waals surface area contributed by atoms with Gasteiger partial charge in [-0.25, -0.2) is 0 Å². The lowest BCUT2D eigenvalue weighted by molar-refractivity contribution is -0.139. The van der Waals surface area contributed by atoms with Crippen molar-refractivity contribution in [3.8, 4) is 0 Å². The molecule has 4 heteroatoms. The second-order valence-electron chi connectivity index (χ2n) is 4.12. The SMILES string of the molecule is CCCC(N[C@@H](C)c1cccc(Cl)c1)C(=O)O. The number of hydrogen-bond acceptors (Lipinski definition) is 2. The molecule has 3 nitrogen and oxygen atoms in total. The first kappa shape index (κ1) is 14.0. The van der Waals surface area contributed by atoms with Crippen molar-refractivity contribution in [3.05, 3.63) is 34.9 Å². The molecule has 0 aliphatic carbocycles. The number of halogens is 1. The third-order valence-electron chi connectivity index (χ3n) is 2.68. The van der Waals surface area contributed by atoms with E-state index in [0.29, 0.717) is 11.4 Å². The average Bonchev–Trinajstić information content (AvgIpc) is 2.28. The molecule has 0 fully saturated rings. The van der Waals surface area contributed by atoms with Crippen LogP contribution < -0.4 is 5.32 Å². The van der Waals surface area contributed by atoms with Gasteiger partial charge in [-0.1, -0.05) is 37.1 Å². The maximum Gasteiger partial charge on any atom is 0.320 e. The molecule has 0 spiro atoms. The Kier molecular flexibility index (Phi) is 5.45. The summed E-state index contributed by atoms with van der Waals surface area (Å²) in [4.78, 5) is 11.0. The van der Waals surface area contributed by atoms with E-state index in [0.717, 1.165) is 12.0 Å². The fourth-order valence-corrected chi connectivity index (χ4v) is 1.94. The largest absolute Gasteiger partial charge is 0.480 e. The van der Waals surface area contributed by atoms with Crippen molar-refractivity contribution in [2.24, 2.45) is 0 Å². The summed E-state index contributed by atoms with van der Waals surface area (Å²) in [6.07, 6.45) is 1.46. The summed E-state index contributed by atoms with van der Waals surface area (Å²) >= 11 is 5.91. The van der Waals surface area contributed by atoms with E-state index in [-0.39, 0.29) is 6.04 Å². The van der Waals surface area contributed by atoms with Gasteiger partial charge in [0, 0.05) is 11.1 Å². The minimum atomic E-state index is -0.805. The van der Waals surface area contributed by atoms with Crippen LogP contribution in [0.15, 0.2) is 24.3 Å². The molecule has 1 aromatic rings. The summed E-state index contributed by atoms with van der Waals surface area (Å²) in [6.45, 7) is 3.92. The molecule has 0 heterocycles. The van der Waals surface area contributed by atoms with E-state index < -0.39 is 12.0 Å². The van der Waals surface area contributed by atoms with Crippen LogP contribution in [0.1, 0.15) is 38.3 Å². The van der Waals surface area contributed by atoms with E-state index in [1.165, 1.54) is 0 Å². The van der Waals surface area contributed by atoms with E-state index in [4.69, 9.17) is 16.7 Å². The van der Waals surface area contributed by atoms with Crippen LogP contribution in [-0.2, 0) is 4.79 Å². The van der Waals surface area contributed by atoms with Gasteiger partial charge in [0.1, 0.15) is 6.04 Å². The van der Waals surface area contributed by atoms with Gasteiger partial charge in [0.15, 0.2) is 0 Å². The molecule has 0 saturated carbocycles. The second kappa shape index (κ2) is 6.62. The molecule has 0 aliphatic rings. The highest BCUT2D eigenvalue weighted by Gasteiger charge is 2.19. The fourth-order valence-electron chi connectivity index (χ4n) is 1.74. The van der Waals surface area contributed by atoms with Crippen molar-refractivity contribution in [2.75, 3.05) is 0 Å². The van der Waals surface area contributed by atoms with Crippen LogP contribution in [0.3, 0.4) is 0 Å². The zero-order valence-electron chi connectivity index (χ0n) is 10.1. The normalized spacial score (nSPS) is 14.3. The van der Waals surface area contributed by atoms with Crippen LogP contribution in [0, 0.1) is 0 Å². The van der Waals surface area contributed by atoms with Crippen LogP contribution in [0.5, 0.6) is 0 Å². The lowest BCUT2D eigenvalue weighted by Gasteiger charge is -2.20. The smallest absolute Gasteiger partial charge is 0.320 e. The standard InChI is InChI=1S/C13H18ClNO2/c1-3-5-12(13(16)17)15-9(2)10-6-4-7-11(14)8-10/h4,6-9,12,15H,3,5H2,1-2H3,(H,16,17)/t9-,12?/m0/s1. The molecule has 0 amide bonds. The van der Waals surface area contributed by atoms with Crippen LogP contribution in [-0.4, -0.2) is 17.1 Å². The van der Waals surface area contributed by atoms with Gasteiger partial charge in [0.05, 0.1) is 0 Å². The molecule has 17 heavy (non-hydrogen) atoms. The number of carboxylic acid groups (broad SMARTS) is 1. The number of hydrogen-bond donors (Lipinski definition) is 2. The number of rotatable bonds is 6. The summed E-state index contributed by atoms with van der Waals surface area (Å²) in [5.74, 6) is -0.805. The van der Waals surface area contributed by atoms with Gasteiger partial charge in [-0.3, -0.25) is 10.1 Å². The predicted molar refractivity (Wildman–Crippen MR) is 69.3 cm³/mol. The Morgan fingerprint density at radius 1 is 1.53 bits per heavy atom. The van der Waals surface area contributed by atoms with Gasteiger partial charge in [-0.05, 0) is 31.0 Å². The minimum absolute atomic E-state index is 0.0265. The maximum atomic E-state index is 11.0. The Morgan fingerprint density at radius 3 is 2.76 bits per heavy atom. The maximum absolute atomic E-state index is 11.0. The lowest BCUT2D eigenvalue weighted by Crippen LogP contribution is -2.38. The molecular formula is C13H18ClNO2. The zero-order valence-corrected chi connectivity index (χ0v) is 10.9. The second-order valence-corrected chi connectivity index (χ2v) is 4.56. The van der Waals surface area contributed by atoms with Crippen LogP contribution >= 0.6 is 11.6 Å². The first-order valence-corrected chi connectivity index (χ1v) is 6.16. The molecule has 0 radical (unpaired) electrons. The van der Waals surface area contributed by atoms with E-state index >= 15 is 0 Å². The number of carboxylic acids is 1. The van der Waals surface area contributed by atoms with Crippen LogP contribution in [0.2, 0.25) is 5.02 Å². The van der Waals surface area contributed by atoms with Gasteiger partial charge in [0.25, 0.3) is 0 Å². The topological polar surface area (TPSA) is 49.3 Å². The molecule has 1 aromatic carbocycles. The first-order chi connectivity index (χ1) is 8.04. The summed E-state index contributed by atoms with van der Waals surface area (Å²) in [5.41, 5.74) is 1.000. The number of aliphatic carboxylic acids is 1. The molecule has 2 N–H and O–H groups in total. The molecule has 2 atom stereocenters. The van der Waals surface area contributed by atoms with Gasteiger partial charge in [0.2, 0.25) is 0 Å². The third kappa shape index (κ3) is 4.36. The van der Waals surface area contributed by atoms with Crippen molar-refractivity contribution < 1.29 is 9.90 Å². The van der Waals surface area contributed by atoms with E-state index in [1.54, 1.807) is 6.07 Å². The first-order valence-electron chi connectivity index (χ1n) is 5.79. The molecule has 0 aliphatic heterocycles. The number of nitrogens with one attached hydrogen (secondary N) is 1. The third-order valence-corrected chi connectivity index (χ3v) is 2.91. The van der Waals surface area contributed by atoms with E-state index in [2.05, 4.69) is 5.32 Å². The summed E-state index contributed by atoms with van der Waals surface area (Å²) < 4.78 is 0. The highest BCUT2D eigenvalue weighted by Crippen LogP contribution is 2.18. The average molecular weight is 256 g/mol. The molecule has 1 rings (SSSR count). The molecule has 1 unspecified atom stereocenters. The summed E-state index contributed by atoms with van der Waals surface area (Å²) in [6, 6.07) is 6.93. The molecule has 0 aromatic heterocycles. The predicted octanol–water partition coefficient (Wildman–Crippen LogP) is 3.24. The van der Waals surface area contributed by atoms with E-state index in [1.807, 2.05) is 32.0 Å². The number of carbonyl (C=O) groups is 1. The molecule has 0 saturated heterocycles. The Morgan fingerprint density at radius 2 is 2.24 bits per heavy atom. The Hall–Kier alpha value is -1.06. The molecule has 94 valence electrons. The van der Waals surface area contributed by atoms with Crippen LogP contribution in [0.4, 0.5) is 0 Å². The fraction of sp³-hybridized carbons (Fsp3) is 0.462. The van der Waals surface area contributed by atoms with Crippen molar-refractivity contribution in [3.63, 3.8) is 0 Å². The van der Waals surface area contributed by atoms with Gasteiger partial charge < -0.3 is 5.11 Å². The van der Waals surface area contributed by atoms with Gasteiger partial charge in [-0.15, -0.1) is 0 Å². The highest BCUT2D eigenvalue weighted by atomic mass is 35.5. The molecule has 0 bridgehead atoms. The summed E-state index contributed by atoms with van der Waals surface area (Å²) in [7, 11) is 0. The van der Waals surface area contributed by atoms with Crippen molar-refractivity contribution in [2.45, 2.75) is 38.8 Å². The Labute approximate surface area is 107 Å². The van der Waals surface area contributed by atoms with Crippen molar-refractivity contribution in [1.29, 1.82) is 0 Å². The Bertz CT molecular complexity index is 381. The van der Waals surface area contributed by atoms with E-state index in [9.17, 15) is 4.79 Å². The van der Waals surface area contributed by atoms with Crippen LogP contribution in [0.25, 0.3) is 0 Å². The Balaban J connectivity index is 2.69. The van der Waals surface area contributed by atoms with Crippen molar-refractivity contribution >= 4 is 17.6 Å². The minimum Gasteiger partial charge on any atom is -0.480 e.